The number of halogens is 3. The molecule has 0 unspecified atom stereocenters. The first kappa shape index (κ1) is 36.8. The molecule has 0 spiro atoms. The Balaban J connectivity index is 0.000000698. The highest BCUT2D eigenvalue weighted by atomic mass is 32.1. The Bertz CT molecular complexity index is 1850. The second-order valence-corrected chi connectivity index (χ2v) is 12.5. The van der Waals surface area contributed by atoms with E-state index in [4.69, 9.17) is 34.8 Å². The van der Waals surface area contributed by atoms with Gasteiger partial charge in [0.1, 0.15) is 17.2 Å². The summed E-state index contributed by atoms with van der Waals surface area (Å²) in [7, 11) is 4.69. The number of aliphatic carboxylic acids is 1. The summed E-state index contributed by atoms with van der Waals surface area (Å²) in [6.45, 7) is 1.95. The number of benzene rings is 2. The van der Waals surface area contributed by atoms with Gasteiger partial charge in [-0.1, -0.05) is 32.1 Å². The van der Waals surface area contributed by atoms with Crippen LogP contribution in [0.3, 0.4) is 0 Å². The number of nitrogens with zero attached hydrogens (tertiary/aromatic N) is 2. The van der Waals surface area contributed by atoms with E-state index in [9.17, 15) is 27.9 Å². The molecule has 1 fully saturated rings. The van der Waals surface area contributed by atoms with E-state index in [1.165, 1.54) is 56.6 Å². The van der Waals surface area contributed by atoms with Gasteiger partial charge in [0.05, 0.1) is 38.2 Å². The van der Waals surface area contributed by atoms with Crippen LogP contribution in [0.5, 0.6) is 17.2 Å². The number of ether oxygens (including phenoxy) is 3. The number of aromatic nitrogens is 2. The third kappa shape index (κ3) is 8.36. The molecule has 1 amide bonds. The van der Waals surface area contributed by atoms with Gasteiger partial charge in [0.15, 0.2) is 10.9 Å². The van der Waals surface area contributed by atoms with Crippen molar-refractivity contribution in [3.8, 4) is 28.5 Å². The summed E-state index contributed by atoms with van der Waals surface area (Å²) in [4.78, 5) is 40.6. The minimum Gasteiger partial charge on any atom is -0.496 e. The van der Waals surface area contributed by atoms with Gasteiger partial charge < -0.3 is 30.2 Å². The molecule has 0 bridgehead atoms. The van der Waals surface area contributed by atoms with Gasteiger partial charge in [0.2, 0.25) is 0 Å². The summed E-state index contributed by atoms with van der Waals surface area (Å²) in [5.74, 6) is -1.03. The first-order valence-electron chi connectivity index (χ1n) is 15.2. The zero-order valence-electron chi connectivity index (χ0n) is 27.3. The summed E-state index contributed by atoms with van der Waals surface area (Å²) >= 11 is 1.39. The van der Waals surface area contributed by atoms with E-state index in [0.717, 1.165) is 39.1 Å². The Hall–Kier alpha value is -4.99. The second kappa shape index (κ2) is 15.5. The summed E-state index contributed by atoms with van der Waals surface area (Å²) in [6.07, 6.45) is 1.73. The fraction of sp³-hybridized carbons (Fsp3) is 0.394. The molecule has 264 valence electrons. The molecule has 12 nitrogen and oxygen atoms in total. The van der Waals surface area contributed by atoms with Gasteiger partial charge in [-0.2, -0.15) is 13.2 Å². The maximum absolute atomic E-state index is 13.6. The highest BCUT2D eigenvalue weighted by Gasteiger charge is 2.38. The lowest BCUT2D eigenvalue weighted by Crippen LogP contribution is -2.21. The van der Waals surface area contributed by atoms with Crippen molar-refractivity contribution in [2.45, 2.75) is 58.0 Å². The van der Waals surface area contributed by atoms with Gasteiger partial charge in [0.25, 0.3) is 5.91 Å². The molecule has 1 aliphatic carbocycles. The van der Waals surface area contributed by atoms with Crippen molar-refractivity contribution in [3.05, 3.63) is 46.5 Å². The quantitative estimate of drug-likeness (QED) is 0.127. The van der Waals surface area contributed by atoms with Crippen molar-refractivity contribution in [1.82, 2.24) is 9.55 Å². The van der Waals surface area contributed by atoms with Crippen LogP contribution in [0.2, 0.25) is 0 Å². The Morgan fingerprint density at radius 1 is 1.02 bits per heavy atom. The number of rotatable bonds is 9. The molecule has 2 aromatic heterocycles. The van der Waals surface area contributed by atoms with E-state index >= 15 is 0 Å². The number of hydrogen-bond donors (Lipinski definition) is 4. The van der Waals surface area contributed by atoms with Gasteiger partial charge >= 0.3 is 18.2 Å². The highest BCUT2D eigenvalue weighted by molar-refractivity contribution is 7.16. The van der Waals surface area contributed by atoms with Crippen molar-refractivity contribution in [2.75, 3.05) is 32.4 Å². The molecule has 49 heavy (non-hydrogen) atoms. The maximum atomic E-state index is 13.6. The van der Waals surface area contributed by atoms with Gasteiger partial charge in [-0.3, -0.25) is 10.1 Å². The largest absolute Gasteiger partial charge is 0.496 e. The Morgan fingerprint density at radius 3 is 2.24 bits per heavy atom. The third-order valence-electron chi connectivity index (χ3n) is 8.23. The van der Waals surface area contributed by atoms with Gasteiger partial charge in [-0.25, -0.2) is 19.1 Å². The van der Waals surface area contributed by atoms with Crippen molar-refractivity contribution in [3.63, 3.8) is 0 Å². The second-order valence-electron chi connectivity index (χ2n) is 11.4. The lowest BCUT2D eigenvalue weighted by Gasteiger charge is -2.21. The number of carboxylic acid groups (broad SMARTS) is 2. The molecule has 16 heteroatoms. The zero-order valence-corrected chi connectivity index (χ0v) is 28.1. The molecule has 0 atom stereocenters. The predicted octanol–water partition coefficient (Wildman–Crippen LogP) is 7.61. The van der Waals surface area contributed by atoms with Gasteiger partial charge in [0, 0.05) is 15.8 Å². The van der Waals surface area contributed by atoms with Gasteiger partial charge in [-0.05, 0) is 61.6 Å². The van der Waals surface area contributed by atoms with Crippen molar-refractivity contribution >= 4 is 51.0 Å². The number of alkyl halides is 3. The standard InChI is InChI=1S/C31H36N4O6S.C2HF3O2/c1-17-14-25(40-3)20(16-24(17)39-2)27-26(13-10-18-8-6-5-7-9-18)42-30(33-27)34-29(36)23-15-19-22(35(23)31(37)38)12-11-21(32)28(19)41-4;3-2(4,5)1(6)7/h11-12,14-16,18H,5-10,13,32H2,1-4H3,(H,37,38)(H,33,34,36);(H,6,7). The number of carbonyl (C=O) groups excluding carboxylic acids is 1. The first-order valence-corrected chi connectivity index (χ1v) is 16.1. The van der Waals surface area contributed by atoms with Crippen molar-refractivity contribution in [1.29, 1.82) is 0 Å². The number of methoxy groups -OCH3 is 3. The summed E-state index contributed by atoms with van der Waals surface area (Å²) in [6, 6.07) is 8.41. The van der Waals surface area contributed by atoms with Crippen LogP contribution in [0.15, 0.2) is 30.3 Å². The molecular formula is C33H37F3N4O8S. The number of carbonyl (C=O) groups is 3. The summed E-state index contributed by atoms with van der Waals surface area (Å²) < 4.78 is 49.4. The van der Waals surface area contributed by atoms with Crippen LogP contribution in [0.1, 0.15) is 59.5 Å². The Labute approximate surface area is 283 Å². The SMILES string of the molecule is COc1cc(-c2nc(NC(=O)c3cc4c(OC)c(N)ccc4n3C(=O)O)sc2CCC2CCCCC2)c(OC)cc1C.O=C(O)C(F)(F)F. The number of nitrogens with one attached hydrogen (secondary N) is 1. The van der Waals surface area contributed by atoms with E-state index in [0.29, 0.717) is 44.9 Å². The number of anilines is 2. The Morgan fingerprint density at radius 2 is 1.67 bits per heavy atom. The zero-order chi connectivity index (χ0) is 36.0. The predicted molar refractivity (Wildman–Crippen MR) is 178 cm³/mol. The van der Waals surface area contributed by atoms with Crippen LogP contribution in [-0.4, -0.2) is 65.2 Å². The number of hydrogen-bond acceptors (Lipinski definition) is 9. The number of amides is 1. The van der Waals surface area contributed by atoms with Crippen LogP contribution in [0, 0.1) is 12.8 Å². The lowest BCUT2D eigenvalue weighted by atomic mass is 9.86. The van der Waals surface area contributed by atoms with Crippen molar-refractivity contribution in [2.24, 2.45) is 5.92 Å². The number of aryl methyl sites for hydroxylation is 2. The fourth-order valence-corrected chi connectivity index (χ4v) is 6.85. The lowest BCUT2D eigenvalue weighted by molar-refractivity contribution is -0.192. The highest BCUT2D eigenvalue weighted by Crippen LogP contribution is 2.42. The van der Waals surface area contributed by atoms with Crippen molar-refractivity contribution < 1.29 is 52.0 Å². The third-order valence-corrected chi connectivity index (χ3v) is 9.26. The molecular weight excluding hydrogens is 669 g/mol. The summed E-state index contributed by atoms with van der Waals surface area (Å²) in [5, 5.41) is 20.8. The van der Waals surface area contributed by atoms with E-state index < -0.39 is 24.1 Å². The number of thiazole rings is 1. The molecule has 0 radical (unpaired) electrons. The molecule has 5 N–H and O–H groups in total. The monoisotopic (exact) mass is 706 g/mol. The molecule has 1 aliphatic rings. The molecule has 2 heterocycles. The Kier molecular flexibility index (Phi) is 11.6. The average molecular weight is 707 g/mol. The van der Waals surface area contributed by atoms with Crippen LogP contribution >= 0.6 is 11.3 Å². The smallest absolute Gasteiger partial charge is 0.490 e. The number of nitrogens with two attached hydrogens (primary N) is 1. The van der Waals surface area contributed by atoms with E-state index in [1.807, 2.05) is 19.1 Å². The average Bonchev–Trinajstić information content (AvgIpc) is 3.65. The fourth-order valence-electron chi connectivity index (χ4n) is 5.87. The van der Waals surface area contributed by atoms with E-state index in [2.05, 4.69) is 5.32 Å². The van der Waals surface area contributed by atoms with E-state index in [-0.39, 0.29) is 5.69 Å². The summed E-state index contributed by atoms with van der Waals surface area (Å²) in [5.41, 5.74) is 9.02. The van der Waals surface area contributed by atoms with Gasteiger partial charge in [-0.15, -0.1) is 11.3 Å². The minimum absolute atomic E-state index is 0.0727. The topological polar surface area (TPSA) is 175 Å². The molecule has 4 aromatic rings. The van der Waals surface area contributed by atoms with Crippen LogP contribution in [-0.2, 0) is 11.2 Å². The van der Waals surface area contributed by atoms with Crippen LogP contribution in [0.25, 0.3) is 22.2 Å². The van der Waals surface area contributed by atoms with Crippen LogP contribution < -0.4 is 25.3 Å². The molecule has 0 saturated heterocycles. The number of fused-ring (bicyclic) bond motifs is 1. The number of nitrogen functional groups attached to an aromatic ring is 1. The minimum atomic E-state index is -5.08. The maximum Gasteiger partial charge on any atom is 0.490 e. The molecule has 1 saturated carbocycles. The first-order chi connectivity index (χ1) is 23.2. The number of carboxylic acids is 1. The molecule has 5 rings (SSSR count). The molecule has 2 aromatic carbocycles. The normalized spacial score (nSPS) is 13.4. The van der Waals surface area contributed by atoms with E-state index in [1.54, 1.807) is 26.4 Å². The van der Waals surface area contributed by atoms with Crippen LogP contribution in [0.4, 0.5) is 28.8 Å². The molecule has 0 aliphatic heterocycles.